The SMILES string of the molecule is CCOc1ncc(F)cc1-c1oc(=O)[nH]c1O. The topological polar surface area (TPSA) is 88.4 Å². The van der Waals surface area contributed by atoms with Gasteiger partial charge in [-0.1, -0.05) is 0 Å². The average molecular weight is 240 g/mol. The Hall–Kier alpha value is -2.31. The summed E-state index contributed by atoms with van der Waals surface area (Å²) < 4.78 is 22.9. The molecule has 0 aliphatic rings. The molecule has 17 heavy (non-hydrogen) atoms. The monoisotopic (exact) mass is 240 g/mol. The van der Waals surface area contributed by atoms with Crippen LogP contribution in [-0.2, 0) is 0 Å². The minimum absolute atomic E-state index is 0.0719. The molecule has 2 heterocycles. The number of aromatic amines is 1. The molecule has 7 heteroatoms. The molecule has 0 spiro atoms. The molecule has 0 amide bonds. The van der Waals surface area contributed by atoms with Gasteiger partial charge >= 0.3 is 5.76 Å². The zero-order valence-corrected chi connectivity index (χ0v) is 8.86. The molecule has 2 N–H and O–H groups in total. The molecule has 2 aromatic rings. The fraction of sp³-hybridized carbons (Fsp3) is 0.200. The highest BCUT2D eigenvalue weighted by Crippen LogP contribution is 2.32. The van der Waals surface area contributed by atoms with Crippen LogP contribution in [0.25, 0.3) is 11.3 Å². The zero-order valence-electron chi connectivity index (χ0n) is 8.86. The standard InChI is InChI=1S/C10H9FN2O4/c1-2-16-9-6(3-5(11)4-12-9)7-8(14)13-10(15)17-7/h3-4,14H,2H2,1H3,(H,13,15). The Balaban J connectivity index is 2.60. The summed E-state index contributed by atoms with van der Waals surface area (Å²) in [5, 5.41) is 9.41. The number of hydrogen-bond donors (Lipinski definition) is 2. The quantitative estimate of drug-likeness (QED) is 0.843. The summed E-state index contributed by atoms with van der Waals surface area (Å²) in [4.78, 5) is 16.6. The highest BCUT2D eigenvalue weighted by Gasteiger charge is 2.18. The summed E-state index contributed by atoms with van der Waals surface area (Å²) in [5.41, 5.74) is 0.0719. The summed E-state index contributed by atoms with van der Waals surface area (Å²) >= 11 is 0. The van der Waals surface area contributed by atoms with Crippen molar-refractivity contribution in [1.29, 1.82) is 0 Å². The van der Waals surface area contributed by atoms with Gasteiger partial charge in [0.05, 0.1) is 18.4 Å². The number of ether oxygens (including phenoxy) is 1. The van der Waals surface area contributed by atoms with Gasteiger partial charge in [-0.05, 0) is 13.0 Å². The normalized spacial score (nSPS) is 10.5. The van der Waals surface area contributed by atoms with Crippen LogP contribution < -0.4 is 10.5 Å². The Morgan fingerprint density at radius 1 is 1.65 bits per heavy atom. The molecular weight excluding hydrogens is 231 g/mol. The number of H-pyrrole nitrogens is 1. The van der Waals surface area contributed by atoms with E-state index in [4.69, 9.17) is 9.15 Å². The van der Waals surface area contributed by atoms with Crippen molar-refractivity contribution in [2.24, 2.45) is 0 Å². The molecule has 6 nitrogen and oxygen atoms in total. The number of oxazole rings is 1. The summed E-state index contributed by atoms with van der Waals surface area (Å²) in [6.45, 7) is 2.03. The lowest BCUT2D eigenvalue weighted by atomic mass is 10.2. The molecule has 0 aromatic carbocycles. The number of aromatic hydroxyl groups is 1. The van der Waals surface area contributed by atoms with Crippen LogP contribution in [0.4, 0.5) is 4.39 Å². The molecule has 0 atom stereocenters. The van der Waals surface area contributed by atoms with Gasteiger partial charge in [0, 0.05) is 0 Å². The van der Waals surface area contributed by atoms with E-state index in [2.05, 4.69) is 4.98 Å². The lowest BCUT2D eigenvalue weighted by molar-refractivity contribution is 0.325. The summed E-state index contributed by atoms with van der Waals surface area (Å²) in [7, 11) is 0. The van der Waals surface area contributed by atoms with Crippen molar-refractivity contribution in [2.45, 2.75) is 6.92 Å². The summed E-state index contributed by atoms with van der Waals surface area (Å²) in [6, 6.07) is 1.06. The molecular formula is C10H9FN2O4. The Bertz CT molecular complexity index is 590. The van der Waals surface area contributed by atoms with Crippen LogP contribution in [0.1, 0.15) is 6.92 Å². The van der Waals surface area contributed by atoms with E-state index in [-0.39, 0.29) is 17.2 Å². The number of halogens is 1. The third-order valence-corrected chi connectivity index (χ3v) is 1.97. The second-order valence-electron chi connectivity index (χ2n) is 3.13. The van der Waals surface area contributed by atoms with E-state index in [1.165, 1.54) is 0 Å². The van der Waals surface area contributed by atoms with Crippen molar-refractivity contribution in [3.05, 3.63) is 28.6 Å². The van der Waals surface area contributed by atoms with Crippen LogP contribution in [0.2, 0.25) is 0 Å². The minimum atomic E-state index is -0.843. The van der Waals surface area contributed by atoms with Gasteiger partial charge in [-0.15, -0.1) is 0 Å². The van der Waals surface area contributed by atoms with Crippen molar-refractivity contribution >= 4 is 0 Å². The van der Waals surface area contributed by atoms with Crippen molar-refractivity contribution in [3.8, 4) is 23.1 Å². The van der Waals surface area contributed by atoms with Crippen LogP contribution in [0, 0.1) is 5.82 Å². The number of pyridine rings is 1. The number of nitrogens with zero attached hydrogens (tertiary/aromatic N) is 1. The second kappa shape index (κ2) is 4.28. The van der Waals surface area contributed by atoms with Gasteiger partial charge < -0.3 is 14.3 Å². The van der Waals surface area contributed by atoms with Gasteiger partial charge in [-0.25, -0.2) is 14.2 Å². The Labute approximate surface area is 94.7 Å². The van der Waals surface area contributed by atoms with E-state index in [1.54, 1.807) is 6.92 Å². The van der Waals surface area contributed by atoms with Gasteiger partial charge in [-0.3, -0.25) is 4.98 Å². The first-order valence-electron chi connectivity index (χ1n) is 4.82. The molecule has 0 aliphatic carbocycles. The Kier molecular flexibility index (Phi) is 2.82. The van der Waals surface area contributed by atoms with Crippen LogP contribution in [-0.4, -0.2) is 21.7 Å². The second-order valence-corrected chi connectivity index (χ2v) is 3.13. The van der Waals surface area contributed by atoms with Crippen LogP contribution in [0.15, 0.2) is 21.5 Å². The fourth-order valence-corrected chi connectivity index (χ4v) is 1.34. The number of aromatic nitrogens is 2. The van der Waals surface area contributed by atoms with Gasteiger partial charge in [0.1, 0.15) is 5.82 Å². The third-order valence-electron chi connectivity index (χ3n) is 1.97. The van der Waals surface area contributed by atoms with Crippen molar-refractivity contribution in [1.82, 2.24) is 9.97 Å². The Morgan fingerprint density at radius 2 is 2.41 bits per heavy atom. The van der Waals surface area contributed by atoms with E-state index < -0.39 is 17.5 Å². The molecule has 0 saturated heterocycles. The molecule has 0 unspecified atom stereocenters. The average Bonchev–Trinajstić information content (AvgIpc) is 2.61. The van der Waals surface area contributed by atoms with Crippen molar-refractivity contribution < 1.29 is 18.7 Å². The fourth-order valence-electron chi connectivity index (χ4n) is 1.34. The van der Waals surface area contributed by atoms with Gasteiger partial charge in [-0.2, -0.15) is 0 Å². The van der Waals surface area contributed by atoms with Crippen LogP contribution in [0.5, 0.6) is 11.8 Å². The molecule has 2 rings (SSSR count). The van der Waals surface area contributed by atoms with E-state index in [0.717, 1.165) is 12.3 Å². The molecule has 2 aromatic heterocycles. The van der Waals surface area contributed by atoms with Crippen molar-refractivity contribution in [3.63, 3.8) is 0 Å². The van der Waals surface area contributed by atoms with Crippen molar-refractivity contribution in [2.75, 3.05) is 6.61 Å². The molecule has 0 fully saturated rings. The summed E-state index contributed by atoms with van der Waals surface area (Å²) in [5.74, 6) is -2.10. The number of hydrogen-bond acceptors (Lipinski definition) is 5. The number of nitrogens with one attached hydrogen (secondary N) is 1. The lowest BCUT2D eigenvalue weighted by Crippen LogP contribution is -1.97. The smallest absolute Gasteiger partial charge is 0.419 e. The predicted molar refractivity (Wildman–Crippen MR) is 55.4 cm³/mol. The third kappa shape index (κ3) is 2.12. The number of rotatable bonds is 3. The minimum Gasteiger partial charge on any atom is -0.492 e. The van der Waals surface area contributed by atoms with Crippen LogP contribution in [0.3, 0.4) is 0 Å². The predicted octanol–water partition coefficient (Wildman–Crippen LogP) is 1.27. The zero-order chi connectivity index (χ0) is 12.4. The Morgan fingerprint density at radius 3 is 3.00 bits per heavy atom. The van der Waals surface area contributed by atoms with Gasteiger partial charge in [0.25, 0.3) is 0 Å². The molecule has 90 valence electrons. The maximum Gasteiger partial charge on any atom is 0.419 e. The highest BCUT2D eigenvalue weighted by molar-refractivity contribution is 5.67. The van der Waals surface area contributed by atoms with E-state index in [9.17, 15) is 14.3 Å². The molecule has 0 bridgehead atoms. The van der Waals surface area contributed by atoms with Crippen LogP contribution >= 0.6 is 0 Å². The molecule has 0 saturated carbocycles. The first-order valence-corrected chi connectivity index (χ1v) is 4.82. The summed E-state index contributed by atoms with van der Waals surface area (Å²) in [6.07, 6.45) is 0.969. The van der Waals surface area contributed by atoms with E-state index in [0.29, 0.717) is 6.61 Å². The van der Waals surface area contributed by atoms with Gasteiger partial charge in [0.15, 0.2) is 0 Å². The highest BCUT2D eigenvalue weighted by atomic mass is 19.1. The van der Waals surface area contributed by atoms with E-state index >= 15 is 0 Å². The molecule has 0 radical (unpaired) electrons. The maximum atomic E-state index is 13.1. The first-order chi connectivity index (χ1) is 8.11. The maximum absolute atomic E-state index is 13.1. The lowest BCUT2D eigenvalue weighted by Gasteiger charge is -2.06. The first kappa shape index (κ1) is 11.2. The molecule has 0 aliphatic heterocycles. The largest absolute Gasteiger partial charge is 0.492 e. The van der Waals surface area contributed by atoms with Gasteiger partial charge in [0.2, 0.25) is 17.5 Å². The van der Waals surface area contributed by atoms with E-state index in [1.807, 2.05) is 4.98 Å².